The molecule has 0 saturated carbocycles. The van der Waals surface area contributed by atoms with Gasteiger partial charge in [-0.25, -0.2) is 4.98 Å². The smallest absolute Gasteiger partial charge is 0.191 e. The van der Waals surface area contributed by atoms with Gasteiger partial charge in [0, 0.05) is 42.8 Å². The molecule has 25 heavy (non-hydrogen) atoms. The fourth-order valence-electron chi connectivity index (χ4n) is 2.80. The van der Waals surface area contributed by atoms with Gasteiger partial charge in [-0.1, -0.05) is 29.8 Å². The lowest BCUT2D eigenvalue weighted by atomic mass is 10.2. The first-order valence-corrected chi connectivity index (χ1v) is 10.7. The van der Waals surface area contributed by atoms with Crippen LogP contribution in [0.25, 0.3) is 10.6 Å². The molecule has 0 amide bonds. The van der Waals surface area contributed by atoms with Gasteiger partial charge in [0.1, 0.15) is 5.01 Å². The van der Waals surface area contributed by atoms with E-state index in [9.17, 15) is 0 Å². The van der Waals surface area contributed by atoms with Crippen molar-refractivity contribution in [2.24, 2.45) is 4.99 Å². The number of aromatic nitrogens is 1. The average Bonchev–Trinajstić information content (AvgIpc) is 3.30. The van der Waals surface area contributed by atoms with Gasteiger partial charge in [0.15, 0.2) is 5.96 Å². The van der Waals surface area contributed by atoms with E-state index < -0.39 is 0 Å². The predicted molar refractivity (Wildman–Crippen MR) is 111 cm³/mol. The van der Waals surface area contributed by atoms with Crippen molar-refractivity contribution in [3.8, 4) is 10.6 Å². The average molecular weight is 375 g/mol. The van der Waals surface area contributed by atoms with Gasteiger partial charge in [-0.3, -0.25) is 4.99 Å². The minimum Gasteiger partial charge on any atom is -0.356 e. The second-order valence-electron chi connectivity index (χ2n) is 6.27. The van der Waals surface area contributed by atoms with Crippen LogP contribution in [0.5, 0.6) is 0 Å². The van der Waals surface area contributed by atoms with Crippen molar-refractivity contribution in [2.45, 2.75) is 31.4 Å². The van der Waals surface area contributed by atoms with E-state index in [0.29, 0.717) is 0 Å². The first-order valence-electron chi connectivity index (χ1n) is 8.82. The van der Waals surface area contributed by atoms with E-state index in [1.54, 1.807) is 11.3 Å². The lowest BCUT2D eigenvalue weighted by molar-refractivity contribution is 0.723. The quantitative estimate of drug-likeness (QED) is 0.598. The van der Waals surface area contributed by atoms with Crippen LogP contribution < -0.4 is 10.6 Å². The fraction of sp³-hybridized carbons (Fsp3) is 0.474. The summed E-state index contributed by atoms with van der Waals surface area (Å²) in [4.78, 5) is 9.07. The van der Waals surface area contributed by atoms with Crippen molar-refractivity contribution in [1.29, 1.82) is 0 Å². The Morgan fingerprint density at radius 3 is 2.84 bits per heavy atom. The van der Waals surface area contributed by atoms with E-state index in [-0.39, 0.29) is 0 Å². The number of benzene rings is 1. The highest BCUT2D eigenvalue weighted by Gasteiger charge is 2.15. The zero-order valence-corrected chi connectivity index (χ0v) is 16.6. The monoisotopic (exact) mass is 374 g/mol. The number of guanidine groups is 1. The zero-order valence-electron chi connectivity index (χ0n) is 14.9. The largest absolute Gasteiger partial charge is 0.356 e. The number of hydrogen-bond acceptors (Lipinski definition) is 4. The maximum atomic E-state index is 4.76. The molecule has 0 aliphatic carbocycles. The molecule has 1 aromatic carbocycles. The molecule has 0 spiro atoms. The molecule has 2 N–H and O–H groups in total. The number of thiazole rings is 1. The molecule has 1 aliphatic rings. The van der Waals surface area contributed by atoms with Gasteiger partial charge < -0.3 is 10.6 Å². The van der Waals surface area contributed by atoms with Gasteiger partial charge in [0.2, 0.25) is 0 Å². The molecule has 1 fully saturated rings. The molecular weight excluding hydrogens is 348 g/mol. The lowest BCUT2D eigenvalue weighted by Gasteiger charge is -2.14. The van der Waals surface area contributed by atoms with Crippen molar-refractivity contribution < 1.29 is 0 Å². The molecule has 0 radical (unpaired) electrons. The number of hydrogen-bond donors (Lipinski definition) is 2. The number of nitrogens with one attached hydrogen (secondary N) is 2. The van der Waals surface area contributed by atoms with E-state index in [0.717, 1.165) is 41.4 Å². The Kier molecular flexibility index (Phi) is 6.76. The maximum Gasteiger partial charge on any atom is 0.191 e. The van der Waals surface area contributed by atoms with Gasteiger partial charge in [0.05, 0.1) is 5.69 Å². The van der Waals surface area contributed by atoms with E-state index >= 15 is 0 Å². The Morgan fingerprint density at radius 2 is 2.12 bits per heavy atom. The van der Waals surface area contributed by atoms with Crippen LogP contribution in [0.15, 0.2) is 34.6 Å². The third-order valence-electron chi connectivity index (χ3n) is 4.27. The number of nitrogens with zero attached hydrogens (tertiary/aromatic N) is 2. The summed E-state index contributed by atoms with van der Waals surface area (Å²) in [6.07, 6.45) is 3.56. The number of rotatable bonds is 6. The van der Waals surface area contributed by atoms with Crippen LogP contribution in [0.3, 0.4) is 0 Å². The van der Waals surface area contributed by atoms with E-state index in [1.165, 1.54) is 29.7 Å². The third kappa shape index (κ3) is 5.47. The Balaban J connectivity index is 1.44. The molecule has 1 unspecified atom stereocenters. The van der Waals surface area contributed by atoms with E-state index in [2.05, 4.69) is 64.0 Å². The number of aliphatic imine (C=N–C) groups is 1. The Labute approximate surface area is 158 Å². The maximum absolute atomic E-state index is 4.76. The summed E-state index contributed by atoms with van der Waals surface area (Å²) in [5, 5.41) is 10.8. The third-order valence-corrected chi connectivity index (χ3v) is 6.61. The second-order valence-corrected chi connectivity index (χ2v) is 8.54. The van der Waals surface area contributed by atoms with Gasteiger partial charge in [-0.15, -0.1) is 11.3 Å². The molecule has 134 valence electrons. The van der Waals surface area contributed by atoms with Crippen molar-refractivity contribution in [1.82, 2.24) is 15.6 Å². The van der Waals surface area contributed by atoms with Crippen LogP contribution in [-0.4, -0.2) is 42.1 Å². The molecule has 4 nitrogen and oxygen atoms in total. The highest BCUT2D eigenvalue weighted by Crippen LogP contribution is 2.25. The minimum atomic E-state index is 0.731. The molecular formula is C19H26N4S2. The molecule has 3 rings (SSSR count). The molecule has 0 bridgehead atoms. The highest BCUT2D eigenvalue weighted by atomic mass is 32.2. The topological polar surface area (TPSA) is 49.3 Å². The van der Waals surface area contributed by atoms with Crippen molar-refractivity contribution in [2.75, 3.05) is 25.9 Å². The number of aryl methyl sites for hydroxylation is 1. The lowest BCUT2D eigenvalue weighted by Crippen LogP contribution is -2.40. The van der Waals surface area contributed by atoms with Crippen LogP contribution in [0.1, 0.15) is 24.1 Å². The zero-order chi connectivity index (χ0) is 17.5. The van der Waals surface area contributed by atoms with Gasteiger partial charge in [-0.05, 0) is 25.5 Å². The summed E-state index contributed by atoms with van der Waals surface area (Å²) in [7, 11) is 1.83. The van der Waals surface area contributed by atoms with Gasteiger partial charge >= 0.3 is 0 Å². The first-order chi connectivity index (χ1) is 12.2. The van der Waals surface area contributed by atoms with Crippen LogP contribution >= 0.6 is 23.1 Å². The van der Waals surface area contributed by atoms with Gasteiger partial charge in [0.25, 0.3) is 0 Å². The minimum absolute atomic E-state index is 0.731. The Hall–Kier alpha value is -1.53. The van der Waals surface area contributed by atoms with Crippen molar-refractivity contribution in [3.05, 3.63) is 40.9 Å². The Bertz CT molecular complexity index is 688. The summed E-state index contributed by atoms with van der Waals surface area (Å²) >= 11 is 3.78. The summed E-state index contributed by atoms with van der Waals surface area (Å²) in [5.74, 6) is 2.19. The van der Waals surface area contributed by atoms with Crippen LogP contribution in [-0.2, 0) is 6.42 Å². The van der Waals surface area contributed by atoms with Crippen LogP contribution in [0, 0.1) is 6.92 Å². The second kappa shape index (κ2) is 9.25. The molecule has 2 heterocycles. The van der Waals surface area contributed by atoms with Crippen molar-refractivity contribution >= 4 is 29.1 Å². The molecule has 1 aliphatic heterocycles. The van der Waals surface area contributed by atoms with E-state index in [4.69, 9.17) is 4.98 Å². The normalized spacial score (nSPS) is 17.7. The fourth-order valence-corrected chi connectivity index (χ4v) is 4.86. The van der Waals surface area contributed by atoms with Crippen LogP contribution in [0.2, 0.25) is 0 Å². The molecule has 1 saturated heterocycles. The summed E-state index contributed by atoms with van der Waals surface area (Å²) in [6.45, 7) is 3.95. The summed E-state index contributed by atoms with van der Waals surface area (Å²) in [5.41, 5.74) is 3.61. The van der Waals surface area contributed by atoms with E-state index in [1.807, 2.05) is 7.05 Å². The Morgan fingerprint density at radius 1 is 1.28 bits per heavy atom. The van der Waals surface area contributed by atoms with Crippen molar-refractivity contribution in [3.63, 3.8) is 0 Å². The van der Waals surface area contributed by atoms with Gasteiger partial charge in [-0.2, -0.15) is 11.8 Å². The highest BCUT2D eigenvalue weighted by molar-refractivity contribution is 8.00. The predicted octanol–water partition coefficient (Wildman–Crippen LogP) is 3.72. The molecule has 2 aromatic rings. The molecule has 1 atom stereocenters. The van der Waals surface area contributed by atoms with Crippen LogP contribution in [0.4, 0.5) is 0 Å². The number of thioether (sulfide) groups is 1. The summed E-state index contributed by atoms with van der Waals surface area (Å²) in [6, 6.07) is 8.55. The summed E-state index contributed by atoms with van der Waals surface area (Å²) < 4.78 is 0. The SMILES string of the molecule is CN=C(NCCc1csc(-c2ccc(C)cc2)n1)NCC1CCCS1. The molecule has 1 aromatic heterocycles. The molecule has 6 heteroatoms. The standard InChI is InChI=1S/C19H26N4S2/c1-14-5-7-15(8-6-14)18-23-16(13-25-18)9-10-21-19(20-2)22-12-17-4-3-11-24-17/h5-8,13,17H,3-4,9-12H2,1-2H3,(H2,20,21,22). The first kappa shape index (κ1) is 18.3.